The predicted octanol–water partition coefficient (Wildman–Crippen LogP) is 1.88. The molecule has 4 fully saturated rings. The lowest BCUT2D eigenvalue weighted by Gasteiger charge is -2.56. The third kappa shape index (κ3) is 2.78. The van der Waals surface area contributed by atoms with Gasteiger partial charge in [-0.15, -0.1) is 0 Å². The van der Waals surface area contributed by atoms with Gasteiger partial charge >= 0.3 is 0 Å². The molecule has 0 radical (unpaired) electrons. The molecule has 0 atom stereocenters. The summed E-state index contributed by atoms with van der Waals surface area (Å²) in [4.78, 5) is 11.8. The maximum Gasteiger partial charge on any atom is 0.235 e. The Morgan fingerprint density at radius 2 is 1.65 bits per heavy atom. The molecular formula is C15H23NO3S. The van der Waals surface area contributed by atoms with Crippen molar-refractivity contribution in [1.82, 2.24) is 5.32 Å². The Balaban J connectivity index is 1.58. The minimum absolute atomic E-state index is 0.252. The fraction of sp³-hybridized carbons (Fsp3) is 0.800. The first-order valence-corrected chi connectivity index (χ1v) is 9.23. The molecule has 0 aromatic heterocycles. The van der Waals surface area contributed by atoms with Crippen LogP contribution in [0.5, 0.6) is 0 Å². The van der Waals surface area contributed by atoms with E-state index in [0.717, 1.165) is 23.2 Å². The van der Waals surface area contributed by atoms with Crippen molar-refractivity contribution < 1.29 is 13.2 Å². The van der Waals surface area contributed by atoms with Gasteiger partial charge in [0.25, 0.3) is 0 Å². The van der Waals surface area contributed by atoms with Crippen molar-refractivity contribution in [3.05, 3.63) is 12.0 Å². The second-order valence-electron chi connectivity index (χ2n) is 7.17. The SMILES string of the molecule is C=CS(=O)(=O)CC(=O)NCC12CC3CC(CC(C3)C1)C2. The van der Waals surface area contributed by atoms with Crippen LogP contribution in [0.4, 0.5) is 0 Å². The normalized spacial score (nSPS) is 38.7. The summed E-state index contributed by atoms with van der Waals surface area (Å²) in [6, 6.07) is 0. The smallest absolute Gasteiger partial charge is 0.235 e. The summed E-state index contributed by atoms with van der Waals surface area (Å²) in [6.45, 7) is 3.89. The third-order valence-electron chi connectivity index (χ3n) is 5.41. The van der Waals surface area contributed by atoms with Crippen LogP contribution < -0.4 is 5.32 Å². The maximum atomic E-state index is 11.8. The second-order valence-corrected chi connectivity index (χ2v) is 9.12. The van der Waals surface area contributed by atoms with Gasteiger partial charge in [-0.25, -0.2) is 8.42 Å². The van der Waals surface area contributed by atoms with Crippen LogP contribution in [-0.4, -0.2) is 26.6 Å². The zero-order chi connectivity index (χ0) is 14.4. The van der Waals surface area contributed by atoms with Crippen LogP contribution in [0.1, 0.15) is 38.5 Å². The van der Waals surface area contributed by atoms with E-state index >= 15 is 0 Å². The molecule has 1 N–H and O–H groups in total. The summed E-state index contributed by atoms with van der Waals surface area (Å²) in [6.07, 6.45) is 7.77. The summed E-state index contributed by atoms with van der Waals surface area (Å²) < 4.78 is 22.7. The van der Waals surface area contributed by atoms with Crippen molar-refractivity contribution in [1.29, 1.82) is 0 Å². The van der Waals surface area contributed by atoms with E-state index in [9.17, 15) is 13.2 Å². The molecule has 0 aromatic rings. The van der Waals surface area contributed by atoms with Gasteiger partial charge < -0.3 is 5.32 Å². The van der Waals surface area contributed by atoms with E-state index in [4.69, 9.17) is 0 Å². The summed E-state index contributed by atoms with van der Waals surface area (Å²) in [5.41, 5.74) is 0.252. The monoisotopic (exact) mass is 297 g/mol. The fourth-order valence-electron chi connectivity index (χ4n) is 5.09. The molecule has 0 aromatic carbocycles. The number of nitrogens with one attached hydrogen (secondary N) is 1. The van der Waals surface area contributed by atoms with Gasteiger partial charge in [0.2, 0.25) is 5.91 Å². The average Bonchev–Trinajstić information content (AvgIpc) is 2.34. The number of amides is 1. The zero-order valence-corrected chi connectivity index (χ0v) is 12.6. The number of sulfone groups is 1. The number of rotatable bonds is 5. The lowest BCUT2D eigenvalue weighted by molar-refractivity contribution is -0.120. The Kier molecular flexibility index (Phi) is 3.43. The third-order valence-corrected chi connectivity index (χ3v) is 6.58. The number of carbonyl (C=O) groups is 1. The van der Waals surface area contributed by atoms with Gasteiger partial charge in [-0.05, 0) is 61.7 Å². The first-order valence-electron chi connectivity index (χ1n) is 7.52. The van der Waals surface area contributed by atoms with Gasteiger partial charge in [0.1, 0.15) is 5.75 Å². The van der Waals surface area contributed by atoms with Crippen molar-refractivity contribution >= 4 is 15.7 Å². The highest BCUT2D eigenvalue weighted by Crippen LogP contribution is 2.59. The first-order chi connectivity index (χ1) is 9.40. The minimum Gasteiger partial charge on any atom is -0.355 e. The van der Waals surface area contributed by atoms with Crippen LogP contribution in [0.15, 0.2) is 12.0 Å². The van der Waals surface area contributed by atoms with Crippen LogP contribution >= 0.6 is 0 Å². The van der Waals surface area contributed by atoms with Crippen molar-refractivity contribution in [2.45, 2.75) is 38.5 Å². The molecule has 4 nitrogen and oxygen atoms in total. The summed E-state index contributed by atoms with van der Waals surface area (Å²) in [7, 11) is -3.45. The topological polar surface area (TPSA) is 63.2 Å². The quantitative estimate of drug-likeness (QED) is 0.842. The molecule has 0 unspecified atom stereocenters. The molecule has 0 saturated heterocycles. The van der Waals surface area contributed by atoms with Crippen molar-refractivity contribution in [2.24, 2.45) is 23.2 Å². The molecule has 1 amide bonds. The van der Waals surface area contributed by atoms with E-state index < -0.39 is 15.6 Å². The standard InChI is InChI=1S/C15H23NO3S/c1-2-20(18,19)9-14(17)16-10-15-6-11-3-12(7-15)5-13(4-11)8-15/h2,11-13H,1,3-10H2,(H,16,17). The van der Waals surface area contributed by atoms with Crippen LogP contribution in [-0.2, 0) is 14.6 Å². The van der Waals surface area contributed by atoms with Crippen molar-refractivity contribution in [3.8, 4) is 0 Å². The lowest BCUT2D eigenvalue weighted by Crippen LogP contribution is -2.51. The fourth-order valence-corrected chi connectivity index (χ4v) is 5.67. The first kappa shape index (κ1) is 14.1. The lowest BCUT2D eigenvalue weighted by atomic mass is 9.49. The molecule has 4 aliphatic rings. The molecule has 112 valence electrons. The summed E-state index contributed by atoms with van der Waals surface area (Å²) in [5.74, 6) is 1.67. The predicted molar refractivity (Wildman–Crippen MR) is 77.6 cm³/mol. The Morgan fingerprint density at radius 1 is 1.15 bits per heavy atom. The van der Waals surface area contributed by atoms with E-state index in [1.165, 1.54) is 38.5 Å². The van der Waals surface area contributed by atoms with Gasteiger partial charge in [0.05, 0.1) is 0 Å². The average molecular weight is 297 g/mol. The van der Waals surface area contributed by atoms with Gasteiger partial charge in [-0.3, -0.25) is 4.79 Å². The summed E-state index contributed by atoms with van der Waals surface area (Å²) >= 11 is 0. The van der Waals surface area contributed by atoms with Gasteiger partial charge in [0.15, 0.2) is 9.84 Å². The van der Waals surface area contributed by atoms with E-state index in [1.54, 1.807) is 0 Å². The van der Waals surface area contributed by atoms with Crippen LogP contribution in [0, 0.1) is 23.2 Å². The van der Waals surface area contributed by atoms with E-state index in [2.05, 4.69) is 11.9 Å². The van der Waals surface area contributed by atoms with Crippen molar-refractivity contribution in [2.75, 3.05) is 12.3 Å². The van der Waals surface area contributed by atoms with Crippen LogP contribution in [0.2, 0.25) is 0 Å². The molecule has 20 heavy (non-hydrogen) atoms. The molecule has 0 aliphatic heterocycles. The molecule has 0 heterocycles. The van der Waals surface area contributed by atoms with Crippen LogP contribution in [0.25, 0.3) is 0 Å². The molecule has 5 heteroatoms. The Labute approximate surface area is 120 Å². The molecule has 4 aliphatic carbocycles. The van der Waals surface area contributed by atoms with Gasteiger partial charge in [-0.1, -0.05) is 6.58 Å². The highest BCUT2D eigenvalue weighted by Gasteiger charge is 2.50. The Morgan fingerprint density at radius 3 is 2.10 bits per heavy atom. The highest BCUT2D eigenvalue weighted by atomic mass is 32.2. The van der Waals surface area contributed by atoms with Crippen LogP contribution in [0.3, 0.4) is 0 Å². The van der Waals surface area contributed by atoms with E-state index in [0.29, 0.717) is 6.54 Å². The minimum atomic E-state index is -3.45. The Bertz CT molecular complexity index is 488. The number of carbonyl (C=O) groups excluding carboxylic acids is 1. The molecular weight excluding hydrogens is 274 g/mol. The number of hydrogen-bond acceptors (Lipinski definition) is 3. The highest BCUT2D eigenvalue weighted by molar-refractivity contribution is 7.94. The van der Waals surface area contributed by atoms with Gasteiger partial charge in [-0.2, -0.15) is 0 Å². The second kappa shape index (κ2) is 4.86. The molecule has 4 rings (SSSR count). The molecule has 4 bridgehead atoms. The molecule has 4 saturated carbocycles. The molecule has 0 spiro atoms. The summed E-state index contributed by atoms with van der Waals surface area (Å²) in [5, 5.41) is 3.72. The Hall–Kier alpha value is -0.840. The number of hydrogen-bond donors (Lipinski definition) is 1. The van der Waals surface area contributed by atoms with E-state index in [1.807, 2.05) is 0 Å². The largest absolute Gasteiger partial charge is 0.355 e. The zero-order valence-electron chi connectivity index (χ0n) is 11.8. The van der Waals surface area contributed by atoms with E-state index in [-0.39, 0.29) is 11.3 Å². The maximum absolute atomic E-state index is 11.8. The van der Waals surface area contributed by atoms with Crippen molar-refractivity contribution in [3.63, 3.8) is 0 Å². The van der Waals surface area contributed by atoms with Gasteiger partial charge in [0, 0.05) is 12.0 Å².